The smallest absolute Gasteiger partial charge is 0.308 e. The molecule has 0 spiro atoms. The van der Waals surface area contributed by atoms with Crippen LogP contribution in [0.15, 0.2) is 18.2 Å². The van der Waals surface area contributed by atoms with Gasteiger partial charge in [0.25, 0.3) is 0 Å². The maximum absolute atomic E-state index is 13.3. The Morgan fingerprint density at radius 3 is 2.78 bits per heavy atom. The number of carboxylic acid groups (broad SMARTS) is 1. The van der Waals surface area contributed by atoms with Crippen LogP contribution in [0.4, 0.5) is 10.1 Å². The molecule has 1 amide bonds. The zero-order valence-electron chi connectivity index (χ0n) is 9.72. The Bertz CT molecular complexity index is 503. The minimum absolute atomic E-state index is 0.0563. The van der Waals surface area contributed by atoms with E-state index in [1.54, 1.807) is 0 Å². The van der Waals surface area contributed by atoms with Crippen molar-refractivity contribution in [3.8, 4) is 5.75 Å². The fourth-order valence-corrected chi connectivity index (χ4v) is 1.94. The third kappa shape index (κ3) is 2.27. The Hall–Kier alpha value is -2.11. The number of hydrogen-bond acceptors (Lipinski definition) is 3. The third-order valence-corrected chi connectivity index (χ3v) is 2.88. The van der Waals surface area contributed by atoms with Crippen molar-refractivity contribution in [3.63, 3.8) is 0 Å². The van der Waals surface area contributed by atoms with E-state index in [4.69, 9.17) is 9.84 Å². The summed E-state index contributed by atoms with van der Waals surface area (Å²) in [5.41, 5.74) is 0.320. The first-order chi connectivity index (χ1) is 8.51. The molecule has 1 unspecified atom stereocenters. The molecule has 1 aromatic carbocycles. The molecule has 1 heterocycles. The van der Waals surface area contributed by atoms with Crippen LogP contribution in [-0.4, -0.2) is 30.6 Å². The van der Waals surface area contributed by atoms with E-state index in [1.165, 1.54) is 30.2 Å². The van der Waals surface area contributed by atoms with E-state index >= 15 is 0 Å². The lowest BCUT2D eigenvalue weighted by Crippen LogP contribution is -2.25. The lowest BCUT2D eigenvalue weighted by molar-refractivity contribution is -0.141. The molecule has 1 aliphatic heterocycles. The quantitative estimate of drug-likeness (QED) is 0.881. The zero-order chi connectivity index (χ0) is 13.3. The number of benzene rings is 1. The van der Waals surface area contributed by atoms with E-state index < -0.39 is 17.7 Å². The van der Waals surface area contributed by atoms with Crippen molar-refractivity contribution in [1.29, 1.82) is 0 Å². The first-order valence-corrected chi connectivity index (χ1v) is 5.39. The predicted octanol–water partition coefficient (Wildman–Crippen LogP) is 1.27. The first-order valence-electron chi connectivity index (χ1n) is 5.39. The molecule has 1 aliphatic rings. The molecule has 1 fully saturated rings. The number of ether oxygens (including phenoxy) is 1. The van der Waals surface area contributed by atoms with Gasteiger partial charge < -0.3 is 14.7 Å². The van der Waals surface area contributed by atoms with E-state index in [9.17, 15) is 14.0 Å². The highest BCUT2D eigenvalue weighted by atomic mass is 19.1. The van der Waals surface area contributed by atoms with Crippen molar-refractivity contribution in [2.45, 2.75) is 6.42 Å². The van der Waals surface area contributed by atoms with Crippen molar-refractivity contribution in [1.82, 2.24) is 0 Å². The average Bonchev–Trinajstić information content (AvgIpc) is 2.70. The van der Waals surface area contributed by atoms with E-state index in [0.29, 0.717) is 5.69 Å². The molecule has 0 aliphatic carbocycles. The number of hydrogen-bond donors (Lipinski definition) is 1. The number of carbonyl (C=O) groups is 2. The predicted molar refractivity (Wildman–Crippen MR) is 61.0 cm³/mol. The number of halogens is 1. The number of amides is 1. The van der Waals surface area contributed by atoms with Crippen LogP contribution in [0.25, 0.3) is 0 Å². The fraction of sp³-hybridized carbons (Fsp3) is 0.333. The maximum Gasteiger partial charge on any atom is 0.308 e. The number of anilines is 1. The van der Waals surface area contributed by atoms with Crippen molar-refractivity contribution >= 4 is 17.6 Å². The number of methoxy groups -OCH3 is 1. The SMILES string of the molecule is COc1cc(F)cc(N2CC(C(=O)O)CC2=O)c1. The van der Waals surface area contributed by atoms with Gasteiger partial charge in [-0.2, -0.15) is 0 Å². The molecule has 0 radical (unpaired) electrons. The van der Waals surface area contributed by atoms with E-state index in [2.05, 4.69) is 0 Å². The molecule has 1 aromatic rings. The molecule has 5 nitrogen and oxygen atoms in total. The van der Waals surface area contributed by atoms with Gasteiger partial charge in [0.15, 0.2) is 0 Å². The van der Waals surface area contributed by atoms with Gasteiger partial charge in [-0.05, 0) is 6.07 Å². The van der Waals surface area contributed by atoms with Crippen LogP contribution in [0, 0.1) is 11.7 Å². The highest BCUT2D eigenvalue weighted by molar-refractivity contribution is 5.99. The topological polar surface area (TPSA) is 66.8 Å². The van der Waals surface area contributed by atoms with E-state index in [0.717, 1.165) is 0 Å². The van der Waals surface area contributed by atoms with Crippen molar-refractivity contribution < 1.29 is 23.8 Å². The van der Waals surface area contributed by atoms with Gasteiger partial charge in [-0.3, -0.25) is 9.59 Å². The minimum Gasteiger partial charge on any atom is -0.497 e. The van der Waals surface area contributed by atoms with E-state index in [-0.39, 0.29) is 24.6 Å². The molecule has 18 heavy (non-hydrogen) atoms. The van der Waals surface area contributed by atoms with Gasteiger partial charge in [0.1, 0.15) is 11.6 Å². The second kappa shape index (κ2) is 4.64. The molecule has 0 bridgehead atoms. The van der Waals surface area contributed by atoms with Crippen LogP contribution in [0.1, 0.15) is 6.42 Å². The molecule has 2 rings (SSSR count). The standard InChI is InChI=1S/C12H12FNO4/c1-18-10-4-8(13)3-9(5-10)14-6-7(12(16)17)2-11(14)15/h3-5,7H,2,6H2,1H3,(H,16,17). The number of aliphatic carboxylic acids is 1. The Labute approximate surface area is 103 Å². The van der Waals surface area contributed by atoms with Gasteiger partial charge in [0.2, 0.25) is 5.91 Å². The van der Waals surface area contributed by atoms with Gasteiger partial charge in [-0.25, -0.2) is 4.39 Å². The molecule has 0 aromatic heterocycles. The lowest BCUT2D eigenvalue weighted by Gasteiger charge is -2.17. The average molecular weight is 253 g/mol. The Kier molecular flexibility index (Phi) is 3.18. The first kappa shape index (κ1) is 12.3. The summed E-state index contributed by atoms with van der Waals surface area (Å²) in [5, 5.41) is 8.87. The lowest BCUT2D eigenvalue weighted by atomic mass is 10.1. The van der Waals surface area contributed by atoms with Crippen molar-refractivity contribution in [2.24, 2.45) is 5.92 Å². The van der Waals surface area contributed by atoms with Crippen LogP contribution in [0.2, 0.25) is 0 Å². The fourth-order valence-electron chi connectivity index (χ4n) is 1.94. The monoisotopic (exact) mass is 253 g/mol. The molecule has 1 atom stereocenters. The summed E-state index contributed by atoms with van der Waals surface area (Å²) < 4.78 is 18.2. The highest BCUT2D eigenvalue weighted by Gasteiger charge is 2.35. The number of carbonyl (C=O) groups excluding carboxylic acids is 1. The largest absolute Gasteiger partial charge is 0.497 e. The summed E-state index contributed by atoms with van der Waals surface area (Å²) in [4.78, 5) is 23.8. The summed E-state index contributed by atoms with van der Waals surface area (Å²) in [7, 11) is 1.39. The number of nitrogens with zero attached hydrogens (tertiary/aromatic N) is 1. The Morgan fingerprint density at radius 2 is 2.22 bits per heavy atom. The Balaban J connectivity index is 2.29. The summed E-state index contributed by atoms with van der Waals surface area (Å²) in [6.45, 7) is 0.0563. The number of rotatable bonds is 3. The molecule has 1 N–H and O–H groups in total. The summed E-state index contributed by atoms with van der Waals surface area (Å²) >= 11 is 0. The molecule has 0 saturated carbocycles. The van der Waals surface area contributed by atoms with Crippen molar-refractivity contribution in [2.75, 3.05) is 18.6 Å². The summed E-state index contributed by atoms with van der Waals surface area (Å²) in [6, 6.07) is 3.88. The molecular formula is C12H12FNO4. The second-order valence-corrected chi connectivity index (χ2v) is 4.09. The van der Waals surface area contributed by atoms with Gasteiger partial charge in [0.05, 0.1) is 18.7 Å². The van der Waals surface area contributed by atoms with Crippen LogP contribution in [-0.2, 0) is 9.59 Å². The summed E-state index contributed by atoms with van der Waals surface area (Å²) in [6.07, 6.45) is -0.0613. The van der Waals surface area contributed by atoms with Crippen LogP contribution < -0.4 is 9.64 Å². The highest BCUT2D eigenvalue weighted by Crippen LogP contribution is 2.29. The van der Waals surface area contributed by atoms with E-state index in [1.807, 2.05) is 0 Å². The minimum atomic E-state index is -1.02. The zero-order valence-corrected chi connectivity index (χ0v) is 9.72. The second-order valence-electron chi connectivity index (χ2n) is 4.09. The number of carboxylic acids is 1. The molecule has 6 heteroatoms. The van der Waals surface area contributed by atoms with Gasteiger partial charge in [-0.1, -0.05) is 0 Å². The van der Waals surface area contributed by atoms with Gasteiger partial charge in [0, 0.05) is 25.1 Å². The van der Waals surface area contributed by atoms with Gasteiger partial charge >= 0.3 is 5.97 Å². The van der Waals surface area contributed by atoms with Crippen LogP contribution >= 0.6 is 0 Å². The normalized spacial score (nSPS) is 19.1. The molecular weight excluding hydrogens is 241 g/mol. The summed E-state index contributed by atoms with van der Waals surface area (Å²) in [5.74, 6) is -2.33. The third-order valence-electron chi connectivity index (χ3n) is 2.88. The van der Waals surface area contributed by atoms with Crippen LogP contribution in [0.3, 0.4) is 0 Å². The molecule has 1 saturated heterocycles. The Morgan fingerprint density at radius 1 is 1.50 bits per heavy atom. The van der Waals surface area contributed by atoms with Crippen LogP contribution in [0.5, 0.6) is 5.75 Å². The maximum atomic E-state index is 13.3. The molecule has 96 valence electrons. The van der Waals surface area contributed by atoms with Gasteiger partial charge in [-0.15, -0.1) is 0 Å². The van der Waals surface area contributed by atoms with Crippen molar-refractivity contribution in [3.05, 3.63) is 24.0 Å².